The van der Waals surface area contributed by atoms with E-state index < -0.39 is 9.84 Å². The van der Waals surface area contributed by atoms with Crippen LogP contribution in [0.5, 0.6) is 5.75 Å². The molecule has 0 amide bonds. The number of nitrogens with zero attached hydrogens (tertiary/aromatic N) is 2. The molecule has 0 bridgehead atoms. The zero-order valence-electron chi connectivity index (χ0n) is 24.4. The lowest BCUT2D eigenvalue weighted by atomic mass is 10.1. The van der Waals surface area contributed by atoms with Gasteiger partial charge < -0.3 is 19.8 Å². The van der Waals surface area contributed by atoms with Crippen LogP contribution in [0.4, 0.5) is 15.9 Å². The van der Waals surface area contributed by atoms with Gasteiger partial charge in [-0.05, 0) is 85.6 Å². The predicted octanol–water partition coefficient (Wildman–Crippen LogP) is 7.35. The maximum Gasteiger partial charge on any atom is 0.151 e. The van der Waals surface area contributed by atoms with Crippen LogP contribution in [0.2, 0.25) is 5.02 Å². The average Bonchev–Trinajstić information content (AvgIpc) is 3.47. The molecule has 2 heterocycles. The van der Waals surface area contributed by atoms with Gasteiger partial charge in [0.15, 0.2) is 9.84 Å². The number of hydrogen-bond donors (Lipinski definition) is 2. The van der Waals surface area contributed by atoms with Crippen molar-refractivity contribution in [1.29, 1.82) is 0 Å². The molecule has 0 atom stereocenters. The predicted molar refractivity (Wildman–Crippen MR) is 173 cm³/mol. The Morgan fingerprint density at radius 2 is 1.86 bits per heavy atom. The number of ether oxygens (including phenoxy) is 1. The molecule has 0 radical (unpaired) electrons. The molecule has 0 spiro atoms. The fraction of sp³-hybridized carbons (Fsp3) is 0.273. The summed E-state index contributed by atoms with van der Waals surface area (Å²) in [6, 6.07) is 21.4. The topological polar surface area (TPSA) is 106 Å². The van der Waals surface area contributed by atoms with E-state index in [1.54, 1.807) is 24.3 Å². The number of sulfone groups is 1. The van der Waals surface area contributed by atoms with Crippen LogP contribution in [0.1, 0.15) is 31.1 Å². The standard InChI is InChI=1S/C33H34ClFN4O4S/c1-2-16-44(40,41)17-15-36-14-4-7-27-10-13-31(43-27)24-8-11-30-28(19-24)33(38-22-37-30)39-26-9-12-32(29(34)20-26)42-21-23-5-3-6-25(35)18-23/h3,5-6,8-13,18-20,22,36H,2,4,7,14-17,21H2,1H3,(H,37,38,39). The van der Waals surface area contributed by atoms with Gasteiger partial charge in [0.2, 0.25) is 0 Å². The van der Waals surface area contributed by atoms with E-state index in [0.717, 1.165) is 46.5 Å². The summed E-state index contributed by atoms with van der Waals surface area (Å²) >= 11 is 6.50. The molecule has 5 rings (SSSR count). The van der Waals surface area contributed by atoms with E-state index in [1.807, 2.05) is 43.3 Å². The SMILES string of the molecule is CCCS(=O)(=O)CCNCCCc1ccc(-c2ccc3ncnc(Nc4ccc(OCc5cccc(F)c5)c(Cl)c4)c3c2)o1. The van der Waals surface area contributed by atoms with Gasteiger partial charge in [0.25, 0.3) is 0 Å². The lowest BCUT2D eigenvalue weighted by Crippen LogP contribution is -2.25. The number of aromatic nitrogens is 2. The molecule has 0 fully saturated rings. The van der Waals surface area contributed by atoms with Crippen LogP contribution in [-0.4, -0.2) is 43.0 Å². The number of hydrogen-bond acceptors (Lipinski definition) is 8. The highest BCUT2D eigenvalue weighted by Crippen LogP contribution is 2.33. The first-order valence-corrected chi connectivity index (χ1v) is 16.7. The van der Waals surface area contributed by atoms with E-state index in [-0.39, 0.29) is 23.9 Å². The molecule has 0 saturated heterocycles. The fourth-order valence-corrected chi connectivity index (χ4v) is 6.27. The molecule has 0 aliphatic heterocycles. The van der Waals surface area contributed by atoms with Gasteiger partial charge in [0.05, 0.1) is 16.3 Å². The second-order valence-electron chi connectivity index (χ2n) is 10.4. The van der Waals surface area contributed by atoms with Crippen LogP contribution in [0, 0.1) is 5.82 Å². The highest BCUT2D eigenvalue weighted by Gasteiger charge is 2.12. The Kier molecular flexibility index (Phi) is 10.5. The summed E-state index contributed by atoms with van der Waals surface area (Å²) in [5, 5.41) is 7.75. The summed E-state index contributed by atoms with van der Waals surface area (Å²) in [5.41, 5.74) is 3.08. The van der Waals surface area contributed by atoms with Crippen LogP contribution in [0.15, 0.2) is 83.5 Å². The number of furan rings is 1. The van der Waals surface area contributed by atoms with Crippen molar-refractivity contribution in [3.05, 3.63) is 101 Å². The number of rotatable bonds is 15. The van der Waals surface area contributed by atoms with Gasteiger partial charge in [-0.15, -0.1) is 0 Å². The first-order chi connectivity index (χ1) is 21.3. The molecule has 44 heavy (non-hydrogen) atoms. The Morgan fingerprint density at radius 3 is 2.68 bits per heavy atom. The molecule has 5 aromatic rings. The van der Waals surface area contributed by atoms with E-state index >= 15 is 0 Å². The molecule has 0 aliphatic carbocycles. The van der Waals surface area contributed by atoms with Crippen LogP contribution >= 0.6 is 11.6 Å². The molecule has 0 saturated carbocycles. The largest absolute Gasteiger partial charge is 0.487 e. The lowest BCUT2D eigenvalue weighted by molar-refractivity contribution is 0.306. The van der Waals surface area contributed by atoms with Crippen molar-refractivity contribution in [1.82, 2.24) is 15.3 Å². The van der Waals surface area contributed by atoms with Crippen LogP contribution < -0.4 is 15.4 Å². The fourth-order valence-electron chi connectivity index (χ4n) is 4.75. The molecule has 8 nitrogen and oxygen atoms in total. The van der Waals surface area contributed by atoms with E-state index in [2.05, 4.69) is 20.6 Å². The van der Waals surface area contributed by atoms with E-state index in [0.29, 0.717) is 41.7 Å². The van der Waals surface area contributed by atoms with Gasteiger partial charge in [-0.3, -0.25) is 0 Å². The molecular weight excluding hydrogens is 603 g/mol. The highest BCUT2D eigenvalue weighted by atomic mass is 35.5. The van der Waals surface area contributed by atoms with E-state index in [9.17, 15) is 12.8 Å². The summed E-state index contributed by atoms with van der Waals surface area (Å²) in [4.78, 5) is 8.87. The van der Waals surface area contributed by atoms with Gasteiger partial charge in [0.1, 0.15) is 41.8 Å². The highest BCUT2D eigenvalue weighted by molar-refractivity contribution is 7.91. The molecular formula is C33H34ClFN4O4S. The smallest absolute Gasteiger partial charge is 0.151 e. The average molecular weight is 637 g/mol. The lowest BCUT2D eigenvalue weighted by Gasteiger charge is -2.12. The summed E-state index contributed by atoms with van der Waals surface area (Å²) in [6.07, 6.45) is 3.71. The third-order valence-corrected chi connectivity index (χ3v) is 9.09. The summed E-state index contributed by atoms with van der Waals surface area (Å²) in [7, 11) is -2.97. The number of benzene rings is 3. The molecule has 0 unspecified atom stereocenters. The zero-order valence-corrected chi connectivity index (χ0v) is 25.9. The molecule has 11 heteroatoms. The third-order valence-electron chi connectivity index (χ3n) is 6.94. The van der Waals surface area contributed by atoms with Crippen LogP contribution in [-0.2, 0) is 22.9 Å². The molecule has 230 valence electrons. The van der Waals surface area contributed by atoms with Crippen molar-refractivity contribution in [2.24, 2.45) is 0 Å². The van der Waals surface area contributed by atoms with E-state index in [1.165, 1.54) is 18.5 Å². The minimum absolute atomic E-state index is 0.166. The van der Waals surface area contributed by atoms with Crippen LogP contribution in [0.25, 0.3) is 22.2 Å². The maximum atomic E-state index is 13.5. The second kappa shape index (κ2) is 14.7. The summed E-state index contributed by atoms with van der Waals surface area (Å²) in [5.74, 6) is 2.78. The Labute approximate surface area is 261 Å². The summed E-state index contributed by atoms with van der Waals surface area (Å²) < 4.78 is 49.0. The van der Waals surface area contributed by atoms with Gasteiger partial charge in [-0.1, -0.05) is 30.7 Å². The van der Waals surface area contributed by atoms with Crippen LogP contribution in [0.3, 0.4) is 0 Å². The normalized spacial score (nSPS) is 11.6. The second-order valence-corrected chi connectivity index (χ2v) is 13.1. The monoisotopic (exact) mass is 636 g/mol. The quantitative estimate of drug-likeness (QED) is 0.115. The molecule has 3 aromatic carbocycles. The number of fused-ring (bicyclic) bond motifs is 1. The maximum absolute atomic E-state index is 13.5. The van der Waals surface area contributed by atoms with Crippen molar-refractivity contribution in [3.63, 3.8) is 0 Å². The Hall–Kier alpha value is -3.99. The first-order valence-electron chi connectivity index (χ1n) is 14.5. The number of anilines is 2. The van der Waals surface area contributed by atoms with Crippen molar-refractivity contribution < 1.29 is 22.0 Å². The minimum atomic E-state index is -2.97. The zero-order chi connectivity index (χ0) is 30.9. The number of halogens is 2. The summed E-state index contributed by atoms with van der Waals surface area (Å²) in [6.45, 7) is 3.24. The Morgan fingerprint density at radius 1 is 0.977 bits per heavy atom. The Bertz CT molecular complexity index is 1830. The Balaban J connectivity index is 1.20. The first kappa shape index (κ1) is 31.4. The van der Waals surface area contributed by atoms with E-state index in [4.69, 9.17) is 20.8 Å². The van der Waals surface area contributed by atoms with Gasteiger partial charge in [-0.2, -0.15) is 0 Å². The van der Waals surface area contributed by atoms with Crippen molar-refractivity contribution in [2.45, 2.75) is 32.8 Å². The third kappa shape index (κ3) is 8.56. The number of aryl methyl sites for hydroxylation is 1. The van der Waals surface area contributed by atoms with Crippen molar-refractivity contribution in [2.75, 3.05) is 29.9 Å². The minimum Gasteiger partial charge on any atom is -0.487 e. The number of nitrogens with one attached hydrogen (secondary N) is 2. The molecule has 2 N–H and O–H groups in total. The van der Waals surface area contributed by atoms with Crippen molar-refractivity contribution >= 4 is 43.8 Å². The molecule has 2 aromatic heterocycles. The van der Waals surface area contributed by atoms with Gasteiger partial charge in [-0.25, -0.2) is 22.8 Å². The van der Waals surface area contributed by atoms with Gasteiger partial charge in [0, 0.05) is 35.4 Å². The van der Waals surface area contributed by atoms with Crippen molar-refractivity contribution in [3.8, 4) is 17.1 Å². The van der Waals surface area contributed by atoms with Gasteiger partial charge >= 0.3 is 0 Å². The molecule has 0 aliphatic rings.